The number of rotatable bonds is 14. The van der Waals surface area contributed by atoms with E-state index in [0.29, 0.717) is 11.0 Å². The van der Waals surface area contributed by atoms with Crippen LogP contribution < -0.4 is 9.47 Å². The number of hydrogen-bond acceptors (Lipinski definition) is 6. The van der Waals surface area contributed by atoms with Gasteiger partial charge in [-0.3, -0.25) is 0 Å². The molecule has 0 amide bonds. The average molecular weight is 466 g/mol. The summed E-state index contributed by atoms with van der Waals surface area (Å²) in [5, 5.41) is 9.98. The zero-order chi connectivity index (χ0) is 23.3. The van der Waals surface area contributed by atoms with Crippen molar-refractivity contribution >= 4 is 22.7 Å². The first kappa shape index (κ1) is 24.9. The van der Waals surface area contributed by atoms with E-state index in [1.807, 2.05) is 48.5 Å². The molecule has 0 aliphatic carbocycles. The van der Waals surface area contributed by atoms with Gasteiger partial charge < -0.3 is 9.47 Å². The van der Waals surface area contributed by atoms with Gasteiger partial charge in [-0.2, -0.15) is 0 Å². The van der Waals surface area contributed by atoms with Crippen LogP contribution in [0.4, 0.5) is 5.13 Å². The van der Waals surface area contributed by atoms with Crippen molar-refractivity contribution in [2.24, 2.45) is 10.9 Å². The van der Waals surface area contributed by atoms with Crippen molar-refractivity contribution in [1.82, 2.24) is 10.2 Å². The monoisotopic (exact) mass is 465 g/mol. The summed E-state index contributed by atoms with van der Waals surface area (Å²) in [6, 6.07) is 16.0. The molecule has 0 saturated carbocycles. The van der Waals surface area contributed by atoms with Gasteiger partial charge in [-0.15, -0.1) is 10.2 Å². The van der Waals surface area contributed by atoms with E-state index in [1.54, 1.807) is 6.21 Å². The standard InChI is InChI=1S/C27H35N3O2S/c1-4-6-7-8-9-18-31-24-16-12-23(13-17-24)26-29-30-27(33-26)28-19-22-10-14-25(15-11-22)32-20-21(3)5-2/h10-17,19,21H,4-9,18,20H2,1-3H3/b28-19+/t21-/m0/s1. The van der Waals surface area contributed by atoms with Crippen LogP contribution in [0.5, 0.6) is 11.5 Å². The second-order valence-electron chi connectivity index (χ2n) is 8.33. The summed E-state index contributed by atoms with van der Waals surface area (Å²) in [4.78, 5) is 4.48. The van der Waals surface area contributed by atoms with Crippen molar-refractivity contribution in [3.63, 3.8) is 0 Å². The molecule has 0 unspecified atom stereocenters. The van der Waals surface area contributed by atoms with Crippen LogP contribution in [0.2, 0.25) is 0 Å². The minimum Gasteiger partial charge on any atom is -0.494 e. The average Bonchev–Trinajstić information content (AvgIpc) is 3.33. The van der Waals surface area contributed by atoms with E-state index in [0.717, 1.165) is 53.7 Å². The highest BCUT2D eigenvalue weighted by Gasteiger charge is 2.06. The van der Waals surface area contributed by atoms with E-state index < -0.39 is 0 Å². The molecule has 176 valence electrons. The fourth-order valence-corrected chi connectivity index (χ4v) is 3.81. The first-order valence-corrected chi connectivity index (χ1v) is 12.8. The quantitative estimate of drug-likeness (QED) is 0.180. The van der Waals surface area contributed by atoms with E-state index >= 15 is 0 Å². The van der Waals surface area contributed by atoms with Gasteiger partial charge in [-0.25, -0.2) is 4.99 Å². The number of aliphatic imine (C=N–C) groups is 1. The molecule has 1 heterocycles. The first-order chi connectivity index (χ1) is 16.2. The molecule has 0 spiro atoms. The highest BCUT2D eigenvalue weighted by Crippen LogP contribution is 2.29. The van der Waals surface area contributed by atoms with Gasteiger partial charge in [0.25, 0.3) is 0 Å². The Labute approximate surface area is 201 Å². The molecule has 0 N–H and O–H groups in total. The summed E-state index contributed by atoms with van der Waals surface area (Å²) in [5.41, 5.74) is 2.02. The van der Waals surface area contributed by atoms with Crippen molar-refractivity contribution in [3.05, 3.63) is 54.1 Å². The molecule has 6 heteroatoms. The highest BCUT2D eigenvalue weighted by atomic mass is 32.1. The third-order valence-corrected chi connectivity index (χ3v) is 6.35. The number of aromatic nitrogens is 2. The SMILES string of the molecule is CCCCCCCOc1ccc(-c2nnc(/N=C/c3ccc(OC[C@@H](C)CC)cc3)s2)cc1. The Morgan fingerprint density at radius 2 is 1.58 bits per heavy atom. The molecule has 1 atom stereocenters. The molecule has 2 aromatic carbocycles. The van der Waals surface area contributed by atoms with Crippen molar-refractivity contribution < 1.29 is 9.47 Å². The smallest absolute Gasteiger partial charge is 0.231 e. The Morgan fingerprint density at radius 1 is 0.879 bits per heavy atom. The minimum atomic E-state index is 0.557. The molecule has 3 aromatic rings. The molecular formula is C27H35N3O2S. The molecule has 33 heavy (non-hydrogen) atoms. The fraction of sp³-hybridized carbons (Fsp3) is 0.444. The van der Waals surface area contributed by atoms with Gasteiger partial charge in [-0.05, 0) is 66.4 Å². The maximum atomic E-state index is 5.85. The zero-order valence-electron chi connectivity index (χ0n) is 20.0. The lowest BCUT2D eigenvalue weighted by molar-refractivity contribution is 0.256. The van der Waals surface area contributed by atoms with Crippen LogP contribution in [0.25, 0.3) is 10.6 Å². The summed E-state index contributed by atoms with van der Waals surface area (Å²) >= 11 is 1.47. The van der Waals surface area contributed by atoms with Crippen LogP contribution in [0.1, 0.15) is 64.9 Å². The molecule has 0 radical (unpaired) electrons. The Hall–Kier alpha value is -2.73. The summed E-state index contributed by atoms with van der Waals surface area (Å²) in [7, 11) is 0. The molecule has 3 rings (SSSR count). The number of hydrogen-bond donors (Lipinski definition) is 0. The predicted octanol–water partition coefficient (Wildman–Crippen LogP) is 7.73. The highest BCUT2D eigenvalue weighted by molar-refractivity contribution is 7.18. The molecule has 1 aromatic heterocycles. The number of nitrogens with zero attached hydrogens (tertiary/aromatic N) is 3. The van der Waals surface area contributed by atoms with Gasteiger partial charge in [0.1, 0.15) is 16.5 Å². The lowest BCUT2D eigenvalue weighted by Crippen LogP contribution is -2.07. The molecule has 0 bridgehead atoms. The van der Waals surface area contributed by atoms with Crippen molar-refractivity contribution in [2.45, 2.75) is 59.3 Å². The predicted molar refractivity (Wildman–Crippen MR) is 138 cm³/mol. The van der Waals surface area contributed by atoms with Crippen molar-refractivity contribution in [1.29, 1.82) is 0 Å². The summed E-state index contributed by atoms with van der Waals surface area (Å²) in [5.74, 6) is 2.34. The topological polar surface area (TPSA) is 56.6 Å². The number of benzene rings is 2. The Kier molecular flexibility index (Phi) is 10.4. The van der Waals surface area contributed by atoms with Gasteiger partial charge in [0.2, 0.25) is 5.13 Å². The van der Waals surface area contributed by atoms with E-state index in [9.17, 15) is 0 Å². The molecule has 0 fully saturated rings. The maximum Gasteiger partial charge on any atom is 0.231 e. The van der Waals surface area contributed by atoms with E-state index in [-0.39, 0.29) is 0 Å². The van der Waals surface area contributed by atoms with Crippen LogP contribution in [0.3, 0.4) is 0 Å². The minimum absolute atomic E-state index is 0.557. The van der Waals surface area contributed by atoms with Gasteiger partial charge in [0, 0.05) is 11.8 Å². The molecule has 0 aliphatic heterocycles. The summed E-state index contributed by atoms with van der Waals surface area (Å²) < 4.78 is 11.7. The van der Waals surface area contributed by atoms with Crippen molar-refractivity contribution in [2.75, 3.05) is 13.2 Å². The Balaban J connectivity index is 1.48. The van der Waals surface area contributed by atoms with Crippen LogP contribution in [-0.4, -0.2) is 29.6 Å². The first-order valence-electron chi connectivity index (χ1n) is 12.0. The zero-order valence-corrected chi connectivity index (χ0v) is 20.8. The number of unbranched alkanes of at least 4 members (excludes halogenated alkanes) is 4. The van der Waals surface area contributed by atoms with E-state index in [2.05, 4.69) is 36.0 Å². The van der Waals surface area contributed by atoms with E-state index in [1.165, 1.54) is 37.0 Å². The Bertz CT molecular complexity index is 968. The summed E-state index contributed by atoms with van der Waals surface area (Å²) in [6.07, 6.45) is 9.12. The molecular weight excluding hydrogens is 430 g/mol. The van der Waals surface area contributed by atoms with Gasteiger partial charge in [0.15, 0.2) is 0 Å². The second kappa shape index (κ2) is 13.7. The van der Waals surface area contributed by atoms with E-state index in [4.69, 9.17) is 9.47 Å². The lowest BCUT2D eigenvalue weighted by Gasteiger charge is -2.10. The largest absolute Gasteiger partial charge is 0.494 e. The lowest BCUT2D eigenvalue weighted by atomic mass is 10.1. The van der Waals surface area contributed by atoms with Gasteiger partial charge >= 0.3 is 0 Å². The normalized spacial score (nSPS) is 12.2. The molecule has 0 saturated heterocycles. The van der Waals surface area contributed by atoms with Crippen LogP contribution >= 0.6 is 11.3 Å². The van der Waals surface area contributed by atoms with Crippen molar-refractivity contribution in [3.8, 4) is 22.1 Å². The Morgan fingerprint density at radius 3 is 2.30 bits per heavy atom. The van der Waals surface area contributed by atoms with Crippen LogP contribution in [-0.2, 0) is 0 Å². The summed E-state index contributed by atoms with van der Waals surface area (Å²) in [6.45, 7) is 8.10. The third kappa shape index (κ3) is 8.61. The second-order valence-corrected chi connectivity index (χ2v) is 9.28. The van der Waals surface area contributed by atoms with Crippen LogP contribution in [0.15, 0.2) is 53.5 Å². The third-order valence-electron chi connectivity index (χ3n) is 5.47. The van der Waals surface area contributed by atoms with Crippen LogP contribution in [0, 0.1) is 5.92 Å². The maximum absolute atomic E-state index is 5.85. The van der Waals surface area contributed by atoms with Gasteiger partial charge in [-0.1, -0.05) is 64.2 Å². The number of ether oxygens (including phenoxy) is 2. The molecule has 5 nitrogen and oxygen atoms in total. The van der Waals surface area contributed by atoms with Gasteiger partial charge in [0.05, 0.1) is 13.2 Å². The molecule has 0 aliphatic rings. The fourth-order valence-electron chi connectivity index (χ4n) is 3.11.